The van der Waals surface area contributed by atoms with Crippen molar-refractivity contribution in [3.63, 3.8) is 0 Å². The van der Waals surface area contributed by atoms with E-state index in [4.69, 9.17) is 17.1 Å². The molecular formula is C25H22N6O2. The molecular weight excluding hydrogens is 416 g/mol. The van der Waals surface area contributed by atoms with Gasteiger partial charge in [-0.3, -0.25) is 9.59 Å². The summed E-state index contributed by atoms with van der Waals surface area (Å²) in [6, 6.07) is 11.1. The van der Waals surface area contributed by atoms with E-state index >= 15 is 0 Å². The fraction of sp³-hybridized carbons (Fsp3) is 0.160. The van der Waals surface area contributed by atoms with E-state index in [1.165, 1.54) is 10.9 Å². The number of anilines is 2. The molecule has 8 nitrogen and oxygen atoms in total. The van der Waals surface area contributed by atoms with Gasteiger partial charge in [-0.1, -0.05) is 12.1 Å². The second-order valence-electron chi connectivity index (χ2n) is 7.74. The van der Waals surface area contributed by atoms with Crippen LogP contribution < -0.4 is 16.6 Å². The molecule has 8 heteroatoms. The third-order valence-electron chi connectivity index (χ3n) is 5.36. The van der Waals surface area contributed by atoms with E-state index in [-0.39, 0.29) is 17.8 Å². The average molecular weight is 438 g/mol. The number of nitrogens with two attached hydrogens (primary N) is 1. The minimum atomic E-state index is -0.266. The van der Waals surface area contributed by atoms with Gasteiger partial charge in [-0.25, -0.2) is 15.0 Å². The average Bonchev–Trinajstić information content (AvgIpc) is 2.81. The van der Waals surface area contributed by atoms with Crippen LogP contribution in [0.2, 0.25) is 0 Å². The van der Waals surface area contributed by atoms with Crippen molar-refractivity contribution >= 4 is 28.3 Å². The summed E-state index contributed by atoms with van der Waals surface area (Å²) in [6.07, 6.45) is 8.51. The van der Waals surface area contributed by atoms with E-state index in [0.717, 1.165) is 22.3 Å². The van der Waals surface area contributed by atoms with Crippen LogP contribution in [0.15, 0.2) is 53.7 Å². The molecule has 0 aliphatic heterocycles. The largest absolute Gasteiger partial charge is 0.384 e. The van der Waals surface area contributed by atoms with Crippen molar-refractivity contribution < 1.29 is 4.79 Å². The molecule has 0 saturated carbocycles. The fourth-order valence-electron chi connectivity index (χ4n) is 3.57. The minimum Gasteiger partial charge on any atom is -0.384 e. The second kappa shape index (κ2) is 8.93. The lowest BCUT2D eigenvalue weighted by Gasteiger charge is -2.13. The SMILES string of the molecule is C#CC(=O)Cc1ccc(-c2cc3ncn(C)c(=O)c3c(NCc3ccnc(N)c3)n2)cc1C. The zero-order valence-electron chi connectivity index (χ0n) is 18.3. The number of Topliss-reactive ketones (excluding diaryl/α,β-unsaturated/α-hetero) is 1. The van der Waals surface area contributed by atoms with Crippen LogP contribution in [-0.4, -0.2) is 25.3 Å². The van der Waals surface area contributed by atoms with Crippen molar-refractivity contribution in [2.24, 2.45) is 7.05 Å². The number of ketones is 1. The summed E-state index contributed by atoms with van der Waals surface area (Å²) in [4.78, 5) is 37.7. The Morgan fingerprint density at radius 1 is 1.21 bits per heavy atom. The Labute approximate surface area is 190 Å². The van der Waals surface area contributed by atoms with Gasteiger partial charge in [0.2, 0.25) is 5.78 Å². The molecule has 0 atom stereocenters. The van der Waals surface area contributed by atoms with Crippen molar-refractivity contribution in [3.05, 3.63) is 76.0 Å². The number of pyridine rings is 2. The lowest BCUT2D eigenvalue weighted by atomic mass is 9.99. The molecule has 0 aliphatic carbocycles. The Hall–Kier alpha value is -4.51. The maximum absolute atomic E-state index is 12.9. The summed E-state index contributed by atoms with van der Waals surface area (Å²) in [5, 5.41) is 3.66. The Morgan fingerprint density at radius 3 is 2.76 bits per heavy atom. The lowest BCUT2D eigenvalue weighted by Crippen LogP contribution is -2.19. The predicted octanol–water partition coefficient (Wildman–Crippen LogP) is 2.64. The molecule has 3 aromatic heterocycles. The van der Waals surface area contributed by atoms with Crippen LogP contribution in [0.5, 0.6) is 0 Å². The van der Waals surface area contributed by atoms with Crippen LogP contribution in [-0.2, 0) is 24.8 Å². The first-order valence-corrected chi connectivity index (χ1v) is 10.3. The van der Waals surface area contributed by atoms with Gasteiger partial charge in [0, 0.05) is 31.8 Å². The second-order valence-corrected chi connectivity index (χ2v) is 7.74. The highest BCUT2D eigenvalue weighted by Crippen LogP contribution is 2.27. The molecule has 4 rings (SSSR count). The van der Waals surface area contributed by atoms with Crippen LogP contribution in [0.4, 0.5) is 11.6 Å². The number of aromatic nitrogens is 4. The maximum Gasteiger partial charge on any atom is 0.264 e. The minimum absolute atomic E-state index is 0.188. The molecule has 0 unspecified atom stereocenters. The monoisotopic (exact) mass is 438 g/mol. The van der Waals surface area contributed by atoms with E-state index in [1.54, 1.807) is 25.4 Å². The highest BCUT2D eigenvalue weighted by Gasteiger charge is 2.14. The van der Waals surface area contributed by atoms with Crippen LogP contribution in [0.3, 0.4) is 0 Å². The third-order valence-corrected chi connectivity index (χ3v) is 5.36. The summed E-state index contributed by atoms with van der Waals surface area (Å²) in [5.41, 5.74) is 10.3. The molecule has 0 aliphatic rings. The zero-order chi connectivity index (χ0) is 23.5. The van der Waals surface area contributed by atoms with Crippen molar-refractivity contribution in [1.82, 2.24) is 19.5 Å². The van der Waals surface area contributed by atoms with Gasteiger partial charge in [-0.2, -0.15) is 0 Å². The van der Waals surface area contributed by atoms with Gasteiger partial charge in [0.25, 0.3) is 5.56 Å². The van der Waals surface area contributed by atoms with E-state index in [2.05, 4.69) is 21.2 Å². The van der Waals surface area contributed by atoms with E-state index in [1.807, 2.05) is 31.2 Å². The highest BCUT2D eigenvalue weighted by molar-refractivity contribution is 5.96. The Balaban J connectivity index is 1.78. The van der Waals surface area contributed by atoms with Gasteiger partial charge in [0.1, 0.15) is 17.0 Å². The van der Waals surface area contributed by atoms with Crippen LogP contribution in [0.1, 0.15) is 16.7 Å². The molecule has 164 valence electrons. The molecule has 0 spiro atoms. The maximum atomic E-state index is 12.9. The predicted molar refractivity (Wildman–Crippen MR) is 128 cm³/mol. The smallest absolute Gasteiger partial charge is 0.264 e. The molecule has 0 bridgehead atoms. The zero-order valence-corrected chi connectivity index (χ0v) is 18.3. The van der Waals surface area contributed by atoms with Gasteiger partial charge in [-0.05, 0) is 53.8 Å². The van der Waals surface area contributed by atoms with Gasteiger partial charge in [0.05, 0.1) is 17.5 Å². The molecule has 0 radical (unpaired) electrons. The quantitative estimate of drug-likeness (QED) is 0.351. The normalized spacial score (nSPS) is 10.7. The van der Waals surface area contributed by atoms with E-state index in [0.29, 0.717) is 34.8 Å². The summed E-state index contributed by atoms with van der Waals surface area (Å²) in [5.74, 6) is 2.72. The first-order valence-electron chi connectivity index (χ1n) is 10.3. The van der Waals surface area contributed by atoms with Crippen LogP contribution in [0, 0.1) is 19.3 Å². The number of hydrogen-bond donors (Lipinski definition) is 2. The Bertz CT molecular complexity index is 1480. The summed E-state index contributed by atoms with van der Waals surface area (Å²) in [6.45, 7) is 2.33. The van der Waals surface area contributed by atoms with E-state index < -0.39 is 0 Å². The third kappa shape index (κ3) is 4.57. The Kier molecular flexibility index (Phi) is 5.87. The van der Waals surface area contributed by atoms with Crippen molar-refractivity contribution in [2.45, 2.75) is 19.9 Å². The standard InChI is InChI=1S/C25H22N6O2/c1-4-19(32)11-17-5-6-18(9-15(17)2)20-12-21-23(25(33)31(3)14-29-21)24(30-20)28-13-16-7-8-27-22(26)10-16/h1,5-10,12,14H,11,13H2,2-3H3,(H2,26,27)(H,28,30). The number of rotatable bonds is 6. The molecule has 1 aromatic carbocycles. The molecule has 33 heavy (non-hydrogen) atoms. The van der Waals surface area contributed by atoms with Crippen molar-refractivity contribution in [3.8, 4) is 23.6 Å². The summed E-state index contributed by atoms with van der Waals surface area (Å²) < 4.78 is 1.42. The number of nitrogen functional groups attached to an aromatic ring is 1. The number of carbonyl (C=O) groups excluding carboxylic acids is 1. The molecule has 4 aromatic rings. The van der Waals surface area contributed by atoms with Gasteiger partial charge < -0.3 is 15.6 Å². The van der Waals surface area contributed by atoms with E-state index in [9.17, 15) is 9.59 Å². The summed E-state index contributed by atoms with van der Waals surface area (Å²) >= 11 is 0. The molecule has 3 heterocycles. The van der Waals surface area contributed by atoms with Gasteiger partial charge >= 0.3 is 0 Å². The number of nitrogens with zero attached hydrogens (tertiary/aromatic N) is 4. The van der Waals surface area contributed by atoms with Crippen LogP contribution in [0.25, 0.3) is 22.2 Å². The van der Waals surface area contributed by atoms with Crippen LogP contribution >= 0.6 is 0 Å². The first-order chi connectivity index (χ1) is 15.9. The lowest BCUT2D eigenvalue weighted by molar-refractivity contribution is -0.113. The first kappa shape index (κ1) is 21.7. The summed E-state index contributed by atoms with van der Waals surface area (Å²) in [7, 11) is 1.65. The number of carbonyl (C=O) groups is 1. The van der Waals surface area contributed by atoms with Crippen molar-refractivity contribution in [2.75, 3.05) is 11.1 Å². The molecule has 0 saturated heterocycles. The molecule has 3 N–H and O–H groups in total. The molecule has 0 amide bonds. The van der Waals surface area contributed by atoms with Gasteiger partial charge in [-0.15, -0.1) is 6.42 Å². The highest BCUT2D eigenvalue weighted by atomic mass is 16.1. The van der Waals surface area contributed by atoms with Crippen molar-refractivity contribution in [1.29, 1.82) is 0 Å². The molecule has 0 fully saturated rings. The number of fused-ring (bicyclic) bond motifs is 1. The fourth-order valence-corrected chi connectivity index (χ4v) is 3.57. The topological polar surface area (TPSA) is 116 Å². The van der Waals surface area contributed by atoms with Gasteiger partial charge in [0.15, 0.2) is 0 Å². The number of benzene rings is 1. The number of aryl methyl sites for hydroxylation is 2. The number of terminal acetylenes is 1. The Morgan fingerprint density at radius 2 is 2.03 bits per heavy atom. The number of nitrogens with one attached hydrogen (secondary N) is 1. The number of hydrogen-bond acceptors (Lipinski definition) is 7.